The molecule has 2 aromatic carbocycles. The van der Waals surface area contributed by atoms with Crippen LogP contribution < -0.4 is 14.4 Å². The van der Waals surface area contributed by atoms with E-state index < -0.39 is 0 Å². The number of para-hydroxylation sites is 1. The van der Waals surface area contributed by atoms with Crippen LogP contribution >= 0.6 is 11.3 Å². The van der Waals surface area contributed by atoms with Crippen molar-refractivity contribution in [2.24, 2.45) is 0 Å². The predicted octanol–water partition coefficient (Wildman–Crippen LogP) is 1.78. The summed E-state index contributed by atoms with van der Waals surface area (Å²) in [4.78, 5) is 21.0. The van der Waals surface area contributed by atoms with E-state index in [2.05, 4.69) is 18.2 Å². The smallest absolute Gasteiger partial charge is 0.227 e. The molecule has 4 rings (SSSR count). The lowest BCUT2D eigenvalue weighted by molar-refractivity contribution is -0.917. The number of quaternary nitrogens is 1. The SMILES string of the molecule is COc1ccc(CC(=O)N2CC[NH+](Cc3nc4ccccc4s3)CC2)c(OC)c1. The van der Waals surface area contributed by atoms with Gasteiger partial charge in [-0.15, -0.1) is 11.3 Å². The van der Waals surface area contributed by atoms with Crippen LogP contribution in [0.2, 0.25) is 0 Å². The van der Waals surface area contributed by atoms with E-state index in [1.165, 1.54) is 14.6 Å². The zero-order chi connectivity index (χ0) is 20.2. The number of thiazole rings is 1. The Kier molecular flexibility index (Phi) is 5.97. The molecule has 0 aliphatic carbocycles. The summed E-state index contributed by atoms with van der Waals surface area (Å²) < 4.78 is 11.9. The van der Waals surface area contributed by atoms with Crippen molar-refractivity contribution in [2.75, 3.05) is 40.4 Å². The van der Waals surface area contributed by atoms with Gasteiger partial charge >= 0.3 is 0 Å². The molecule has 1 aromatic heterocycles. The number of hydrogen-bond donors (Lipinski definition) is 1. The monoisotopic (exact) mass is 412 g/mol. The van der Waals surface area contributed by atoms with Crippen molar-refractivity contribution in [1.82, 2.24) is 9.88 Å². The Morgan fingerprint density at radius 2 is 1.93 bits per heavy atom. The number of nitrogens with zero attached hydrogens (tertiary/aromatic N) is 2. The summed E-state index contributed by atoms with van der Waals surface area (Å²) in [6, 6.07) is 13.9. The standard InChI is InChI=1S/C22H25N3O3S/c1-27-17-8-7-16(19(14-17)28-2)13-22(26)25-11-9-24(10-12-25)15-21-23-18-5-3-4-6-20(18)29-21/h3-8,14H,9-13,15H2,1-2H3/p+1. The Morgan fingerprint density at radius 1 is 1.14 bits per heavy atom. The van der Waals surface area contributed by atoms with Crippen molar-refractivity contribution in [1.29, 1.82) is 0 Å². The normalized spacial score (nSPS) is 14.9. The van der Waals surface area contributed by atoms with E-state index in [1.54, 1.807) is 25.6 Å². The van der Waals surface area contributed by atoms with Crippen LogP contribution in [0.4, 0.5) is 0 Å². The van der Waals surface area contributed by atoms with Crippen molar-refractivity contribution in [3.63, 3.8) is 0 Å². The molecule has 7 heteroatoms. The number of rotatable bonds is 6. The first kappa shape index (κ1) is 19.7. The minimum Gasteiger partial charge on any atom is -0.497 e. The molecule has 0 radical (unpaired) electrons. The molecule has 0 bridgehead atoms. The highest BCUT2D eigenvalue weighted by molar-refractivity contribution is 7.18. The molecule has 0 unspecified atom stereocenters. The fourth-order valence-corrected chi connectivity index (χ4v) is 4.77. The summed E-state index contributed by atoms with van der Waals surface area (Å²) in [5.74, 6) is 1.57. The first-order valence-electron chi connectivity index (χ1n) is 9.83. The van der Waals surface area contributed by atoms with Gasteiger partial charge in [-0.1, -0.05) is 18.2 Å². The molecule has 3 aromatic rings. The second-order valence-electron chi connectivity index (χ2n) is 7.24. The van der Waals surface area contributed by atoms with Crippen molar-refractivity contribution < 1.29 is 19.2 Å². The van der Waals surface area contributed by atoms with Crippen LogP contribution in [0, 0.1) is 0 Å². The topological polar surface area (TPSA) is 56.1 Å². The number of carbonyl (C=O) groups excluding carboxylic acids is 1. The van der Waals surface area contributed by atoms with Crippen LogP contribution in [0.15, 0.2) is 42.5 Å². The number of ether oxygens (including phenoxy) is 2. The minimum absolute atomic E-state index is 0.146. The molecule has 1 saturated heterocycles. The molecule has 152 valence electrons. The van der Waals surface area contributed by atoms with Gasteiger partial charge in [-0.2, -0.15) is 0 Å². The fraction of sp³-hybridized carbons (Fsp3) is 0.364. The highest BCUT2D eigenvalue weighted by Crippen LogP contribution is 2.25. The predicted molar refractivity (Wildman–Crippen MR) is 114 cm³/mol. The summed E-state index contributed by atoms with van der Waals surface area (Å²) in [5.41, 5.74) is 1.97. The lowest BCUT2D eigenvalue weighted by Crippen LogP contribution is -3.13. The average Bonchev–Trinajstić information content (AvgIpc) is 3.16. The third kappa shape index (κ3) is 4.52. The maximum atomic E-state index is 12.8. The molecule has 1 N–H and O–H groups in total. The number of nitrogens with one attached hydrogen (secondary N) is 1. The van der Waals surface area contributed by atoms with Gasteiger partial charge in [0.05, 0.1) is 57.0 Å². The number of carbonyl (C=O) groups is 1. The van der Waals surface area contributed by atoms with Gasteiger partial charge in [0.2, 0.25) is 5.91 Å². The molecule has 1 fully saturated rings. The van der Waals surface area contributed by atoms with E-state index in [4.69, 9.17) is 14.5 Å². The van der Waals surface area contributed by atoms with Crippen LogP contribution in [-0.4, -0.2) is 56.2 Å². The van der Waals surface area contributed by atoms with E-state index in [0.717, 1.165) is 49.6 Å². The number of piperazine rings is 1. The summed E-state index contributed by atoms with van der Waals surface area (Å²) >= 11 is 1.77. The number of aromatic nitrogens is 1. The van der Waals surface area contributed by atoms with Crippen LogP contribution in [0.1, 0.15) is 10.6 Å². The van der Waals surface area contributed by atoms with Gasteiger partial charge in [-0.25, -0.2) is 4.98 Å². The maximum Gasteiger partial charge on any atom is 0.227 e. The summed E-state index contributed by atoms with van der Waals surface area (Å²) in [5, 5.41) is 1.17. The molecule has 1 amide bonds. The van der Waals surface area contributed by atoms with Gasteiger partial charge in [0.15, 0.2) is 0 Å². The van der Waals surface area contributed by atoms with Gasteiger partial charge < -0.3 is 19.3 Å². The molecule has 0 atom stereocenters. The third-order valence-electron chi connectivity index (χ3n) is 5.40. The number of hydrogen-bond acceptors (Lipinski definition) is 5. The zero-order valence-corrected chi connectivity index (χ0v) is 17.6. The van der Waals surface area contributed by atoms with Crippen LogP contribution in [0.5, 0.6) is 11.5 Å². The van der Waals surface area contributed by atoms with Crippen LogP contribution in [0.3, 0.4) is 0 Å². The van der Waals surface area contributed by atoms with E-state index >= 15 is 0 Å². The van der Waals surface area contributed by atoms with Crippen molar-refractivity contribution >= 4 is 27.5 Å². The van der Waals surface area contributed by atoms with Crippen LogP contribution in [0.25, 0.3) is 10.2 Å². The van der Waals surface area contributed by atoms with E-state index in [-0.39, 0.29) is 5.91 Å². The van der Waals surface area contributed by atoms with Gasteiger partial charge in [0.1, 0.15) is 23.1 Å². The first-order valence-corrected chi connectivity index (χ1v) is 10.6. The van der Waals surface area contributed by atoms with E-state index in [0.29, 0.717) is 12.2 Å². The van der Waals surface area contributed by atoms with E-state index in [1.807, 2.05) is 29.2 Å². The Morgan fingerprint density at radius 3 is 2.66 bits per heavy atom. The fourth-order valence-electron chi connectivity index (χ4n) is 3.73. The van der Waals surface area contributed by atoms with Crippen LogP contribution in [-0.2, 0) is 17.8 Å². The third-order valence-corrected chi connectivity index (χ3v) is 6.43. The Hall–Kier alpha value is -2.64. The van der Waals surface area contributed by atoms with E-state index in [9.17, 15) is 4.79 Å². The summed E-state index contributed by atoms with van der Waals surface area (Å²) in [6.45, 7) is 4.37. The minimum atomic E-state index is 0.146. The summed E-state index contributed by atoms with van der Waals surface area (Å²) in [6.07, 6.45) is 0.348. The Balaban J connectivity index is 1.32. The second-order valence-corrected chi connectivity index (χ2v) is 8.35. The highest BCUT2D eigenvalue weighted by atomic mass is 32.1. The largest absolute Gasteiger partial charge is 0.497 e. The van der Waals surface area contributed by atoms with Gasteiger partial charge in [-0.05, 0) is 18.2 Å². The lowest BCUT2D eigenvalue weighted by Gasteiger charge is -2.32. The lowest BCUT2D eigenvalue weighted by atomic mass is 10.1. The van der Waals surface area contributed by atoms with Crippen molar-refractivity contribution in [2.45, 2.75) is 13.0 Å². The van der Waals surface area contributed by atoms with Crippen molar-refractivity contribution in [3.05, 3.63) is 53.0 Å². The zero-order valence-electron chi connectivity index (χ0n) is 16.8. The molecule has 1 aliphatic heterocycles. The van der Waals surface area contributed by atoms with Gasteiger partial charge in [-0.3, -0.25) is 4.79 Å². The molecular formula is C22H26N3O3S+. The Bertz CT molecular complexity index is 963. The Labute approximate surface area is 174 Å². The van der Waals surface area contributed by atoms with Crippen molar-refractivity contribution in [3.8, 4) is 11.5 Å². The maximum absolute atomic E-state index is 12.8. The molecular weight excluding hydrogens is 386 g/mol. The first-order chi connectivity index (χ1) is 14.2. The highest BCUT2D eigenvalue weighted by Gasteiger charge is 2.25. The number of benzene rings is 2. The molecule has 29 heavy (non-hydrogen) atoms. The number of fused-ring (bicyclic) bond motifs is 1. The number of methoxy groups -OCH3 is 2. The molecule has 1 aliphatic rings. The van der Waals surface area contributed by atoms with Gasteiger partial charge in [0.25, 0.3) is 0 Å². The molecule has 0 saturated carbocycles. The second kappa shape index (κ2) is 8.80. The molecule has 2 heterocycles. The summed E-state index contributed by atoms with van der Waals surface area (Å²) in [7, 11) is 3.24. The molecule has 6 nitrogen and oxygen atoms in total. The molecule has 0 spiro atoms. The van der Waals surface area contributed by atoms with Gasteiger partial charge in [0, 0.05) is 11.6 Å². The quantitative estimate of drug-likeness (QED) is 0.671. The average molecular weight is 413 g/mol. The number of amides is 1.